The quantitative estimate of drug-likeness (QED) is 0.0747. The number of nitrogens with one attached hydrogen (secondary N) is 2. The molecule has 0 saturated heterocycles. The van der Waals surface area contributed by atoms with Crippen molar-refractivity contribution in [2.24, 2.45) is 0 Å². The molecule has 45 heavy (non-hydrogen) atoms. The lowest BCUT2D eigenvalue weighted by molar-refractivity contribution is -0.154. The van der Waals surface area contributed by atoms with Gasteiger partial charge in [0.25, 0.3) is 23.3 Å². The van der Waals surface area contributed by atoms with Crippen LogP contribution >= 0.6 is 11.6 Å². The predicted octanol–water partition coefficient (Wildman–Crippen LogP) is 3.09. The van der Waals surface area contributed by atoms with Gasteiger partial charge >= 0.3 is 5.97 Å². The average Bonchev–Trinajstić information content (AvgIpc) is 3.00. The lowest BCUT2D eigenvalue weighted by Gasteiger charge is -2.25. The smallest absolute Gasteiger partial charge is 0.327 e. The molecule has 1 atom stereocenters. The zero-order valence-corrected chi connectivity index (χ0v) is 24.0. The minimum Gasteiger partial charge on any atom is -0.477 e. The van der Waals surface area contributed by atoms with E-state index in [2.05, 4.69) is 10.1 Å². The van der Waals surface area contributed by atoms with Crippen molar-refractivity contribution in [1.82, 2.24) is 15.0 Å². The first-order valence-corrected chi connectivity index (χ1v) is 13.0. The van der Waals surface area contributed by atoms with Crippen LogP contribution < -0.4 is 26.8 Å². The minimum absolute atomic E-state index is 0.0657. The lowest BCUT2D eigenvalue weighted by Crippen LogP contribution is -2.52. The summed E-state index contributed by atoms with van der Waals surface area (Å²) in [6.07, 6.45) is 1.17. The molecule has 3 rings (SSSR count). The molecular weight excluding hydrogens is 637 g/mol. The van der Waals surface area contributed by atoms with E-state index in [9.17, 15) is 45.9 Å². The molecule has 0 spiro atoms. The molecule has 0 aliphatic rings. The molecule has 0 saturated carbocycles. The van der Waals surface area contributed by atoms with Gasteiger partial charge in [-0.25, -0.2) is 18.2 Å². The second-order valence-electron chi connectivity index (χ2n) is 8.95. The fourth-order valence-electron chi connectivity index (χ4n) is 3.57. The van der Waals surface area contributed by atoms with Gasteiger partial charge in [0.2, 0.25) is 29.1 Å². The van der Waals surface area contributed by atoms with E-state index in [0.717, 1.165) is 4.57 Å². The van der Waals surface area contributed by atoms with Gasteiger partial charge in [0.1, 0.15) is 18.3 Å². The number of pyridine rings is 1. The number of halogens is 6. The fourth-order valence-corrected chi connectivity index (χ4v) is 3.76. The number of esters is 1. The molecule has 3 aromatic rings. The summed E-state index contributed by atoms with van der Waals surface area (Å²) in [6, 6.07) is 5.15. The molecule has 0 radical (unpaired) electrons. The SMILES string of the molecule is CCOC(=O)CN(NC(=O)[C@H](C)n1cccc(NC(=O)c2ccc(N)c(Cl)c2)c1=O)C(=O)COc1c(F)c(F)c(F)c(F)c1F. The number of aromatic nitrogens is 1. The molecule has 1 aromatic heterocycles. The van der Waals surface area contributed by atoms with E-state index in [4.69, 9.17) is 22.1 Å². The maximum atomic E-state index is 14.0. The van der Waals surface area contributed by atoms with E-state index >= 15 is 0 Å². The van der Waals surface area contributed by atoms with E-state index in [1.165, 1.54) is 50.4 Å². The number of benzene rings is 2. The van der Waals surface area contributed by atoms with Gasteiger partial charge in [0.15, 0.2) is 12.4 Å². The Labute approximate surface area is 255 Å². The van der Waals surface area contributed by atoms with Gasteiger partial charge in [0.05, 0.1) is 17.3 Å². The second-order valence-corrected chi connectivity index (χ2v) is 9.36. The van der Waals surface area contributed by atoms with Crippen LogP contribution in [0.4, 0.5) is 33.3 Å². The highest BCUT2D eigenvalue weighted by atomic mass is 35.5. The lowest BCUT2D eigenvalue weighted by atomic mass is 10.2. The molecule has 0 aliphatic carbocycles. The summed E-state index contributed by atoms with van der Waals surface area (Å²) in [5.41, 5.74) is 6.81. The Balaban J connectivity index is 1.80. The van der Waals surface area contributed by atoms with Crippen LogP contribution in [0.25, 0.3) is 0 Å². The summed E-state index contributed by atoms with van der Waals surface area (Å²) in [5, 5.41) is 2.77. The van der Waals surface area contributed by atoms with Gasteiger partial charge in [-0.1, -0.05) is 11.6 Å². The Kier molecular flexibility index (Phi) is 11.1. The first-order chi connectivity index (χ1) is 21.2. The number of nitrogens with two attached hydrogens (primary N) is 1. The summed E-state index contributed by atoms with van der Waals surface area (Å²) in [7, 11) is 0. The third-order valence-electron chi connectivity index (χ3n) is 5.93. The van der Waals surface area contributed by atoms with Crippen LogP contribution in [0, 0.1) is 29.1 Å². The van der Waals surface area contributed by atoms with Gasteiger partial charge < -0.3 is 25.1 Å². The van der Waals surface area contributed by atoms with Crippen molar-refractivity contribution >= 4 is 46.7 Å². The van der Waals surface area contributed by atoms with E-state index in [1.54, 1.807) is 0 Å². The number of rotatable bonds is 10. The fraction of sp³-hybridized carbons (Fsp3) is 0.222. The van der Waals surface area contributed by atoms with E-state index in [1.807, 2.05) is 5.43 Å². The van der Waals surface area contributed by atoms with Crippen molar-refractivity contribution in [2.45, 2.75) is 19.9 Å². The molecule has 12 nitrogen and oxygen atoms in total. The Morgan fingerprint density at radius 3 is 2.24 bits per heavy atom. The van der Waals surface area contributed by atoms with Gasteiger partial charge in [-0.05, 0) is 44.2 Å². The van der Waals surface area contributed by atoms with E-state index in [-0.39, 0.29) is 28.6 Å². The van der Waals surface area contributed by atoms with Gasteiger partial charge in [-0.3, -0.25) is 29.4 Å². The van der Waals surface area contributed by atoms with Crippen LogP contribution in [0.5, 0.6) is 5.75 Å². The zero-order valence-electron chi connectivity index (χ0n) is 23.3. The minimum atomic E-state index is -2.46. The Hall–Kier alpha value is -5.19. The maximum absolute atomic E-state index is 14.0. The molecule has 0 aliphatic heterocycles. The van der Waals surface area contributed by atoms with Crippen LogP contribution in [0.15, 0.2) is 41.3 Å². The van der Waals surface area contributed by atoms with Crippen LogP contribution in [0.2, 0.25) is 5.02 Å². The number of nitrogen functional groups attached to an aromatic ring is 1. The number of nitrogens with zero attached hydrogens (tertiary/aromatic N) is 2. The van der Waals surface area contributed by atoms with Gasteiger partial charge in [-0.15, -0.1) is 0 Å². The highest BCUT2D eigenvalue weighted by Crippen LogP contribution is 2.29. The summed E-state index contributed by atoms with van der Waals surface area (Å²) in [6.45, 7) is 0.0873. The average molecular weight is 660 g/mol. The number of hydrogen-bond donors (Lipinski definition) is 3. The van der Waals surface area contributed by atoms with Crippen molar-refractivity contribution in [1.29, 1.82) is 0 Å². The van der Waals surface area contributed by atoms with Gasteiger partial charge in [-0.2, -0.15) is 8.78 Å². The molecule has 4 N–H and O–H groups in total. The number of anilines is 2. The third-order valence-corrected chi connectivity index (χ3v) is 6.26. The van der Waals surface area contributed by atoms with Crippen molar-refractivity contribution in [3.05, 3.63) is 86.6 Å². The molecule has 1 heterocycles. The highest BCUT2D eigenvalue weighted by Gasteiger charge is 2.30. The number of hydrogen-bond acceptors (Lipinski definition) is 8. The standard InChI is InChI=1S/C27H23ClF5N5O7/c1-3-44-18(40)10-38(17(39)11-45-24-22(32)20(30)19(29)21(31)23(24)33)36-25(41)12(2)37-8-4-5-16(27(37)43)35-26(42)13-6-7-15(34)14(28)9-13/h4-9,12H,3,10-11,34H2,1-2H3,(H,35,42)(H,36,41)/t12-/m0/s1. The predicted molar refractivity (Wildman–Crippen MR) is 147 cm³/mol. The van der Waals surface area contributed by atoms with Crippen LogP contribution in [0.1, 0.15) is 30.2 Å². The maximum Gasteiger partial charge on any atom is 0.327 e. The first kappa shape index (κ1) is 34.3. The number of ether oxygens (including phenoxy) is 2. The third kappa shape index (κ3) is 7.86. The number of carbonyl (C=O) groups excluding carboxylic acids is 4. The molecule has 0 unspecified atom stereocenters. The summed E-state index contributed by atoms with van der Waals surface area (Å²) in [4.78, 5) is 63.6. The largest absolute Gasteiger partial charge is 0.477 e. The van der Waals surface area contributed by atoms with Crippen LogP contribution in [0.3, 0.4) is 0 Å². The molecule has 240 valence electrons. The highest BCUT2D eigenvalue weighted by molar-refractivity contribution is 6.33. The molecule has 3 amide bonds. The number of amides is 3. The molecular formula is C27H23ClF5N5O7. The topological polar surface area (TPSA) is 162 Å². The summed E-state index contributed by atoms with van der Waals surface area (Å²) < 4.78 is 78.3. The second kappa shape index (κ2) is 14.5. The van der Waals surface area contributed by atoms with Crippen molar-refractivity contribution in [2.75, 3.05) is 30.8 Å². The summed E-state index contributed by atoms with van der Waals surface area (Å²) in [5.74, 6) is -17.9. The molecule has 2 aromatic carbocycles. The zero-order chi connectivity index (χ0) is 33.6. The first-order valence-electron chi connectivity index (χ1n) is 12.7. The van der Waals surface area contributed by atoms with E-state index in [0.29, 0.717) is 5.01 Å². The normalized spacial score (nSPS) is 11.4. The molecule has 0 fully saturated rings. The Bertz CT molecular complexity index is 1690. The van der Waals surface area contributed by atoms with Crippen molar-refractivity contribution in [3.63, 3.8) is 0 Å². The van der Waals surface area contributed by atoms with Crippen molar-refractivity contribution in [3.8, 4) is 5.75 Å². The molecule has 18 heteroatoms. The number of hydrazine groups is 1. The Morgan fingerprint density at radius 1 is 1.02 bits per heavy atom. The molecule has 0 bridgehead atoms. The summed E-state index contributed by atoms with van der Waals surface area (Å²) >= 11 is 5.93. The van der Waals surface area contributed by atoms with Crippen LogP contribution in [-0.4, -0.2) is 53.0 Å². The van der Waals surface area contributed by atoms with Gasteiger partial charge in [0, 0.05) is 11.8 Å². The van der Waals surface area contributed by atoms with Crippen LogP contribution in [-0.2, 0) is 19.1 Å². The number of carbonyl (C=O) groups is 4. The monoisotopic (exact) mass is 659 g/mol. The van der Waals surface area contributed by atoms with Crippen molar-refractivity contribution < 1.29 is 50.6 Å². The van der Waals surface area contributed by atoms with E-state index < -0.39 is 83.3 Å². The Morgan fingerprint density at radius 2 is 1.64 bits per heavy atom.